The van der Waals surface area contributed by atoms with Crippen LogP contribution in [-0.4, -0.2) is 43.5 Å². The summed E-state index contributed by atoms with van der Waals surface area (Å²) >= 11 is 0. The lowest BCUT2D eigenvalue weighted by Gasteiger charge is -2.46. The van der Waals surface area contributed by atoms with Crippen LogP contribution >= 0.6 is 0 Å². The Bertz CT molecular complexity index is 1420. The van der Waals surface area contributed by atoms with Gasteiger partial charge in [0.05, 0.1) is 5.56 Å². The van der Waals surface area contributed by atoms with Gasteiger partial charge in [-0.05, 0) is 60.1 Å². The maximum absolute atomic E-state index is 13.5. The minimum atomic E-state index is -2.58. The maximum atomic E-state index is 13.5. The molecule has 5 rings (SSSR count). The quantitative estimate of drug-likeness (QED) is 0.281. The summed E-state index contributed by atoms with van der Waals surface area (Å²) < 4.78 is 0. The predicted octanol–water partition coefficient (Wildman–Crippen LogP) is 1.98. The number of benzene rings is 2. The van der Waals surface area contributed by atoms with Crippen molar-refractivity contribution in [2.24, 2.45) is 17.6 Å². The van der Waals surface area contributed by atoms with E-state index in [4.69, 9.17) is 11.5 Å². The van der Waals surface area contributed by atoms with E-state index in [9.17, 15) is 34.8 Å². The number of anilines is 1. The Morgan fingerprint density at radius 2 is 1.80 bits per heavy atom. The Labute approximate surface area is 200 Å². The van der Waals surface area contributed by atoms with Crippen LogP contribution in [-0.2, 0) is 20.8 Å². The molecule has 1 fully saturated rings. The number of ketones is 2. The summed E-state index contributed by atoms with van der Waals surface area (Å²) in [7, 11) is 0. The van der Waals surface area contributed by atoms with E-state index in [1.54, 1.807) is 12.1 Å². The van der Waals surface area contributed by atoms with Crippen LogP contribution in [0.5, 0.6) is 5.75 Å². The van der Waals surface area contributed by atoms with Crippen molar-refractivity contribution < 1.29 is 34.8 Å². The minimum absolute atomic E-state index is 0.0498. The SMILES string of the molecule is Cc1ccc(-c2ccc(O)c3c2CC2CC4CC(=O)C(C(N)=O)=C(O)C4(O)C(=O)C2=C3O)cc1N. The number of nitrogens with two attached hydrogens (primary N) is 2. The number of carbonyl (C=O) groups excluding carboxylic acids is 3. The summed E-state index contributed by atoms with van der Waals surface area (Å²) in [5.41, 5.74) is 11.3. The average Bonchev–Trinajstić information content (AvgIpc) is 2.78. The number of nitrogen functional groups attached to an aromatic ring is 1. The lowest BCUT2D eigenvalue weighted by atomic mass is 9.59. The van der Waals surface area contributed by atoms with Gasteiger partial charge in [0.15, 0.2) is 11.4 Å². The number of rotatable bonds is 2. The molecular weight excluding hydrogens is 452 g/mol. The smallest absolute Gasteiger partial charge is 0.255 e. The van der Waals surface area contributed by atoms with Gasteiger partial charge in [-0.25, -0.2) is 0 Å². The van der Waals surface area contributed by atoms with Crippen LogP contribution in [0, 0.1) is 18.8 Å². The number of carbonyl (C=O) groups is 3. The van der Waals surface area contributed by atoms with Crippen molar-refractivity contribution in [3.8, 4) is 16.9 Å². The Kier molecular flexibility index (Phi) is 4.82. The zero-order valence-corrected chi connectivity index (χ0v) is 18.8. The second kappa shape index (κ2) is 7.44. The zero-order valence-electron chi connectivity index (χ0n) is 18.8. The van der Waals surface area contributed by atoms with E-state index in [0.717, 1.165) is 11.1 Å². The normalized spacial score (nSPS) is 25.8. The van der Waals surface area contributed by atoms with Crippen molar-refractivity contribution >= 4 is 28.9 Å². The molecule has 3 unspecified atom stereocenters. The van der Waals surface area contributed by atoms with Gasteiger partial charge < -0.3 is 31.9 Å². The average molecular weight is 476 g/mol. The van der Waals surface area contributed by atoms with Crippen LogP contribution in [0.4, 0.5) is 5.69 Å². The Hall–Kier alpha value is -4.11. The number of phenols is 1. The van der Waals surface area contributed by atoms with E-state index in [1.807, 2.05) is 19.1 Å². The number of aromatic hydroxyl groups is 1. The van der Waals surface area contributed by atoms with Crippen molar-refractivity contribution in [1.29, 1.82) is 0 Å². The molecule has 9 heteroatoms. The van der Waals surface area contributed by atoms with E-state index in [-0.39, 0.29) is 36.1 Å². The van der Waals surface area contributed by atoms with Crippen LogP contribution in [0.1, 0.15) is 29.5 Å². The molecule has 0 heterocycles. The van der Waals surface area contributed by atoms with Gasteiger partial charge in [-0.1, -0.05) is 18.2 Å². The number of amides is 1. The highest BCUT2D eigenvalue weighted by molar-refractivity contribution is 6.22. The fraction of sp³-hybridized carbons (Fsp3) is 0.269. The summed E-state index contributed by atoms with van der Waals surface area (Å²) in [6.07, 6.45) is -0.0523. The number of aliphatic hydroxyl groups is 3. The number of primary amides is 1. The second-order valence-electron chi connectivity index (χ2n) is 9.46. The third-order valence-corrected chi connectivity index (χ3v) is 7.54. The van der Waals surface area contributed by atoms with Crippen molar-refractivity contribution in [3.05, 3.63) is 63.9 Å². The van der Waals surface area contributed by atoms with Crippen LogP contribution < -0.4 is 11.5 Å². The van der Waals surface area contributed by atoms with Gasteiger partial charge >= 0.3 is 0 Å². The van der Waals surface area contributed by atoms with E-state index in [2.05, 4.69) is 0 Å². The van der Waals surface area contributed by atoms with Gasteiger partial charge in [0.2, 0.25) is 5.78 Å². The molecule has 0 saturated heterocycles. The summed E-state index contributed by atoms with van der Waals surface area (Å²) in [5.74, 6) is -6.49. The summed E-state index contributed by atoms with van der Waals surface area (Å²) in [6.45, 7) is 1.87. The molecule has 0 aliphatic heterocycles. The number of fused-ring (bicyclic) bond motifs is 3. The summed E-state index contributed by atoms with van der Waals surface area (Å²) in [5, 5.41) is 43.7. The number of aryl methyl sites for hydroxylation is 1. The number of aliphatic hydroxyl groups excluding tert-OH is 2. The third-order valence-electron chi connectivity index (χ3n) is 7.54. The van der Waals surface area contributed by atoms with Gasteiger partial charge in [0, 0.05) is 23.6 Å². The summed E-state index contributed by atoms with van der Waals surface area (Å²) in [6, 6.07) is 8.62. The fourth-order valence-electron chi connectivity index (χ4n) is 5.70. The molecule has 0 radical (unpaired) electrons. The first-order chi connectivity index (χ1) is 16.5. The topological polar surface area (TPSA) is 184 Å². The first kappa shape index (κ1) is 22.7. The molecule has 3 atom stereocenters. The molecule has 8 N–H and O–H groups in total. The molecule has 180 valence electrons. The lowest BCUT2D eigenvalue weighted by molar-refractivity contribution is -0.147. The van der Waals surface area contributed by atoms with Gasteiger partial charge in [-0.15, -0.1) is 0 Å². The molecule has 9 nitrogen and oxygen atoms in total. The Morgan fingerprint density at radius 1 is 1.09 bits per heavy atom. The predicted molar refractivity (Wildman–Crippen MR) is 126 cm³/mol. The van der Waals surface area contributed by atoms with Gasteiger partial charge in [-0.3, -0.25) is 14.4 Å². The molecule has 2 aromatic rings. The number of hydrogen-bond donors (Lipinski definition) is 6. The van der Waals surface area contributed by atoms with E-state index < -0.39 is 52.0 Å². The molecular formula is C26H24N2O7. The largest absolute Gasteiger partial charge is 0.508 e. The van der Waals surface area contributed by atoms with Crippen molar-refractivity contribution in [3.63, 3.8) is 0 Å². The van der Waals surface area contributed by atoms with Gasteiger partial charge in [-0.2, -0.15) is 0 Å². The van der Waals surface area contributed by atoms with Crippen LogP contribution in [0.3, 0.4) is 0 Å². The molecule has 1 amide bonds. The van der Waals surface area contributed by atoms with Crippen LogP contribution in [0.15, 0.2) is 47.2 Å². The standard InChI is InChI=1S/C26H24N2O7/c1-10-2-3-11(8-16(10)27)14-4-5-17(29)20-15(14)7-12-6-13-9-18(30)21(25(28)34)24(33)26(13,35)23(32)19(12)22(20)31/h2-5,8,12-13,29,31,33,35H,6-7,9,27H2,1H3,(H2,28,34). The molecule has 3 aliphatic carbocycles. The van der Waals surface area contributed by atoms with E-state index in [1.165, 1.54) is 6.07 Å². The maximum Gasteiger partial charge on any atom is 0.255 e. The number of phenolic OH excluding ortho intramolecular Hbond substituents is 1. The van der Waals surface area contributed by atoms with Gasteiger partial charge in [0.1, 0.15) is 22.8 Å². The van der Waals surface area contributed by atoms with Crippen molar-refractivity contribution in [2.45, 2.75) is 31.8 Å². The number of hydrogen-bond acceptors (Lipinski definition) is 8. The molecule has 2 aromatic carbocycles. The molecule has 35 heavy (non-hydrogen) atoms. The molecule has 0 bridgehead atoms. The molecule has 3 aliphatic rings. The highest BCUT2D eigenvalue weighted by Crippen LogP contribution is 2.53. The van der Waals surface area contributed by atoms with Crippen LogP contribution in [0.25, 0.3) is 16.9 Å². The second-order valence-corrected chi connectivity index (χ2v) is 9.46. The number of Topliss-reactive ketones (excluding diaryl/α,β-unsaturated/α-hetero) is 2. The van der Waals surface area contributed by atoms with E-state index >= 15 is 0 Å². The molecule has 1 saturated carbocycles. The van der Waals surface area contributed by atoms with Crippen molar-refractivity contribution in [1.82, 2.24) is 0 Å². The van der Waals surface area contributed by atoms with Crippen molar-refractivity contribution in [2.75, 3.05) is 5.73 Å². The summed E-state index contributed by atoms with van der Waals surface area (Å²) in [4.78, 5) is 37.7. The minimum Gasteiger partial charge on any atom is -0.508 e. The Balaban J connectivity index is 1.71. The fourth-order valence-corrected chi connectivity index (χ4v) is 5.70. The monoisotopic (exact) mass is 476 g/mol. The highest BCUT2D eigenvalue weighted by Gasteiger charge is 2.60. The Morgan fingerprint density at radius 3 is 2.46 bits per heavy atom. The third kappa shape index (κ3) is 3.01. The van der Waals surface area contributed by atoms with Gasteiger partial charge in [0.25, 0.3) is 5.91 Å². The molecule has 0 aromatic heterocycles. The lowest BCUT2D eigenvalue weighted by Crippen LogP contribution is -2.58. The zero-order chi connectivity index (χ0) is 25.4. The first-order valence-electron chi connectivity index (χ1n) is 11.2. The highest BCUT2D eigenvalue weighted by atomic mass is 16.3. The molecule has 0 spiro atoms. The van der Waals surface area contributed by atoms with Crippen LogP contribution in [0.2, 0.25) is 0 Å². The first-order valence-corrected chi connectivity index (χ1v) is 11.2. The van der Waals surface area contributed by atoms with E-state index in [0.29, 0.717) is 16.8 Å².